The highest BCUT2D eigenvalue weighted by molar-refractivity contribution is 5.60. The summed E-state index contributed by atoms with van der Waals surface area (Å²) >= 11 is 0. The highest BCUT2D eigenvalue weighted by atomic mass is 15.2. The first-order chi connectivity index (χ1) is 13.8. The van der Waals surface area contributed by atoms with E-state index in [0.717, 1.165) is 37.6 Å². The maximum Gasteiger partial charge on any atom is 0.229 e. The van der Waals surface area contributed by atoms with Crippen LogP contribution >= 0.6 is 0 Å². The molecule has 0 unspecified atom stereocenters. The summed E-state index contributed by atoms with van der Waals surface area (Å²) in [7, 11) is 2.05. The first-order valence-electron chi connectivity index (χ1n) is 9.83. The van der Waals surface area contributed by atoms with Crippen LogP contribution in [0.3, 0.4) is 0 Å². The van der Waals surface area contributed by atoms with Crippen molar-refractivity contribution in [2.75, 3.05) is 41.8 Å². The molecule has 0 aliphatic carbocycles. The molecule has 0 spiro atoms. The zero-order valence-electron chi connectivity index (χ0n) is 16.3. The molecule has 1 aliphatic rings. The summed E-state index contributed by atoms with van der Waals surface area (Å²) in [6.07, 6.45) is 8.98. The molecule has 6 heteroatoms. The number of aromatic nitrogens is 3. The number of nitrogens with one attached hydrogen (secondary N) is 1. The van der Waals surface area contributed by atoms with E-state index < -0.39 is 0 Å². The zero-order valence-corrected chi connectivity index (χ0v) is 16.3. The maximum atomic E-state index is 4.66. The summed E-state index contributed by atoms with van der Waals surface area (Å²) in [6, 6.07) is 14.6. The van der Waals surface area contributed by atoms with Gasteiger partial charge in [-0.15, -0.1) is 0 Å². The Hall–Kier alpha value is -3.15. The molecule has 28 heavy (non-hydrogen) atoms. The van der Waals surface area contributed by atoms with Gasteiger partial charge in [0, 0.05) is 56.6 Å². The number of hydrogen-bond acceptors (Lipinski definition) is 6. The third-order valence-electron chi connectivity index (χ3n) is 5.11. The van der Waals surface area contributed by atoms with E-state index in [4.69, 9.17) is 0 Å². The van der Waals surface area contributed by atoms with Crippen molar-refractivity contribution in [3.05, 3.63) is 66.6 Å². The molecule has 1 aromatic carbocycles. The van der Waals surface area contributed by atoms with Crippen molar-refractivity contribution in [3.8, 4) is 0 Å². The lowest BCUT2D eigenvalue weighted by atomic mass is 10.2. The number of hydrogen-bond donors (Lipinski definition) is 1. The molecule has 1 aliphatic heterocycles. The van der Waals surface area contributed by atoms with E-state index in [-0.39, 0.29) is 0 Å². The van der Waals surface area contributed by atoms with E-state index in [9.17, 15) is 0 Å². The highest BCUT2D eigenvalue weighted by Crippen LogP contribution is 2.23. The highest BCUT2D eigenvalue weighted by Gasteiger charge is 2.12. The molecule has 1 saturated heterocycles. The summed E-state index contributed by atoms with van der Waals surface area (Å²) in [5, 5.41) is 3.32. The molecule has 3 heterocycles. The molecular weight excluding hydrogens is 348 g/mol. The van der Waals surface area contributed by atoms with Crippen molar-refractivity contribution in [3.63, 3.8) is 0 Å². The molecule has 0 atom stereocenters. The fourth-order valence-corrected chi connectivity index (χ4v) is 3.44. The van der Waals surface area contributed by atoms with E-state index in [1.165, 1.54) is 24.1 Å². The molecule has 144 valence electrons. The number of benzene rings is 1. The Kier molecular flexibility index (Phi) is 5.66. The summed E-state index contributed by atoms with van der Waals surface area (Å²) < 4.78 is 0. The van der Waals surface area contributed by atoms with Crippen molar-refractivity contribution in [1.82, 2.24) is 15.0 Å². The lowest BCUT2D eigenvalue weighted by Crippen LogP contribution is -2.21. The Morgan fingerprint density at radius 3 is 2.46 bits per heavy atom. The molecule has 4 rings (SSSR count). The predicted molar refractivity (Wildman–Crippen MR) is 114 cm³/mol. The second kappa shape index (κ2) is 8.69. The Morgan fingerprint density at radius 1 is 0.964 bits per heavy atom. The molecule has 0 saturated carbocycles. The van der Waals surface area contributed by atoms with Crippen LogP contribution in [-0.4, -0.2) is 41.6 Å². The van der Waals surface area contributed by atoms with E-state index in [2.05, 4.69) is 61.4 Å². The van der Waals surface area contributed by atoms with Crippen LogP contribution in [0.15, 0.2) is 61.1 Å². The largest absolute Gasteiger partial charge is 0.372 e. The summed E-state index contributed by atoms with van der Waals surface area (Å²) in [4.78, 5) is 17.7. The monoisotopic (exact) mass is 374 g/mol. The molecule has 3 aromatic rings. The van der Waals surface area contributed by atoms with Crippen LogP contribution in [-0.2, 0) is 6.42 Å². The Balaban J connectivity index is 1.37. The molecule has 0 bridgehead atoms. The average molecular weight is 374 g/mol. The normalized spacial score (nSPS) is 13.5. The molecule has 0 radical (unpaired) electrons. The van der Waals surface area contributed by atoms with E-state index >= 15 is 0 Å². The van der Waals surface area contributed by atoms with Crippen molar-refractivity contribution in [2.45, 2.75) is 19.3 Å². The van der Waals surface area contributed by atoms with Gasteiger partial charge in [0.25, 0.3) is 0 Å². The van der Waals surface area contributed by atoms with Gasteiger partial charge in [-0.1, -0.05) is 0 Å². The second-order valence-electron chi connectivity index (χ2n) is 7.13. The van der Waals surface area contributed by atoms with Crippen molar-refractivity contribution in [2.24, 2.45) is 0 Å². The maximum absolute atomic E-state index is 4.66. The van der Waals surface area contributed by atoms with Gasteiger partial charge >= 0.3 is 0 Å². The number of pyridine rings is 1. The summed E-state index contributed by atoms with van der Waals surface area (Å²) in [5.74, 6) is 1.52. The SMILES string of the molecule is CN(CCc1ccncc1)c1ccnc(Nc2ccc(N3CCCC3)cc2)n1. The molecule has 0 amide bonds. The predicted octanol–water partition coefficient (Wildman–Crippen LogP) is 3.89. The van der Waals surface area contributed by atoms with E-state index in [1.54, 1.807) is 6.20 Å². The van der Waals surface area contributed by atoms with Crippen molar-refractivity contribution < 1.29 is 0 Å². The Morgan fingerprint density at radius 2 is 1.71 bits per heavy atom. The van der Waals surface area contributed by atoms with Crippen molar-refractivity contribution in [1.29, 1.82) is 0 Å². The van der Waals surface area contributed by atoms with Gasteiger partial charge in [0.2, 0.25) is 5.95 Å². The topological polar surface area (TPSA) is 57.2 Å². The van der Waals surface area contributed by atoms with Gasteiger partial charge in [0.1, 0.15) is 5.82 Å². The molecular formula is C22H26N6. The molecule has 1 N–H and O–H groups in total. The minimum Gasteiger partial charge on any atom is -0.372 e. The van der Waals surface area contributed by atoms with Crippen LogP contribution in [0.25, 0.3) is 0 Å². The first-order valence-corrected chi connectivity index (χ1v) is 9.83. The zero-order chi connectivity index (χ0) is 19.2. The minimum atomic E-state index is 0.613. The van der Waals surface area contributed by atoms with Crippen LogP contribution in [0.5, 0.6) is 0 Å². The third kappa shape index (κ3) is 4.57. The van der Waals surface area contributed by atoms with Crippen LogP contribution in [0, 0.1) is 0 Å². The van der Waals surface area contributed by atoms with Gasteiger partial charge in [-0.3, -0.25) is 4.98 Å². The fraction of sp³-hybridized carbons (Fsp3) is 0.318. The Bertz CT molecular complexity index is 875. The standard InChI is InChI=1S/C22H26N6/c1-27(17-11-18-8-12-23-13-9-18)21-10-14-24-22(26-21)25-19-4-6-20(7-5-19)28-15-2-3-16-28/h4-10,12-14H,2-3,11,15-17H2,1H3,(H,24,25,26). The minimum absolute atomic E-state index is 0.613. The van der Waals surface area contributed by atoms with Crippen LogP contribution in [0.1, 0.15) is 18.4 Å². The van der Waals surface area contributed by atoms with Gasteiger partial charge in [-0.2, -0.15) is 4.98 Å². The van der Waals surface area contributed by atoms with Gasteiger partial charge in [0.15, 0.2) is 0 Å². The van der Waals surface area contributed by atoms with Crippen LogP contribution < -0.4 is 15.1 Å². The summed E-state index contributed by atoms with van der Waals surface area (Å²) in [6.45, 7) is 3.19. The fourth-order valence-electron chi connectivity index (χ4n) is 3.44. The molecule has 1 fully saturated rings. The summed E-state index contributed by atoms with van der Waals surface area (Å²) in [5.41, 5.74) is 3.56. The number of rotatable bonds is 7. The third-order valence-corrected chi connectivity index (χ3v) is 5.11. The average Bonchev–Trinajstić information content (AvgIpc) is 3.28. The quantitative estimate of drug-likeness (QED) is 0.677. The van der Waals surface area contributed by atoms with Gasteiger partial charge < -0.3 is 15.1 Å². The van der Waals surface area contributed by atoms with Gasteiger partial charge in [-0.05, 0) is 67.3 Å². The lowest BCUT2D eigenvalue weighted by Gasteiger charge is -2.19. The Labute approximate surface area is 166 Å². The van der Waals surface area contributed by atoms with E-state index in [1.807, 2.05) is 30.6 Å². The molecule has 2 aromatic heterocycles. The van der Waals surface area contributed by atoms with Gasteiger partial charge in [-0.25, -0.2) is 4.98 Å². The number of nitrogens with zero attached hydrogens (tertiary/aromatic N) is 5. The number of likely N-dealkylation sites (N-methyl/N-ethyl adjacent to an activating group) is 1. The van der Waals surface area contributed by atoms with E-state index in [0.29, 0.717) is 5.95 Å². The van der Waals surface area contributed by atoms with Gasteiger partial charge in [0.05, 0.1) is 0 Å². The first kappa shape index (κ1) is 18.2. The second-order valence-corrected chi connectivity index (χ2v) is 7.13. The smallest absolute Gasteiger partial charge is 0.229 e. The van der Waals surface area contributed by atoms with Crippen molar-refractivity contribution >= 4 is 23.1 Å². The lowest BCUT2D eigenvalue weighted by molar-refractivity contribution is 0.855. The van der Waals surface area contributed by atoms with Crippen LogP contribution in [0.4, 0.5) is 23.1 Å². The number of anilines is 4. The van der Waals surface area contributed by atoms with Crippen LogP contribution in [0.2, 0.25) is 0 Å². The molecule has 6 nitrogen and oxygen atoms in total.